The lowest BCUT2D eigenvalue weighted by atomic mass is 10.1. The Balaban J connectivity index is 0.000000296. The van der Waals surface area contributed by atoms with Gasteiger partial charge in [-0.3, -0.25) is 25.1 Å². The van der Waals surface area contributed by atoms with Crippen LogP contribution in [0.2, 0.25) is 0 Å². The average molecular weight is 405 g/mol. The molecule has 0 aromatic heterocycles. The molecule has 2 rings (SSSR count). The fourth-order valence-corrected chi connectivity index (χ4v) is 2.48. The van der Waals surface area contributed by atoms with Gasteiger partial charge in [0.25, 0.3) is 11.4 Å². The molecule has 0 fully saturated rings. The molecule has 11 nitrogen and oxygen atoms in total. The predicted octanol–water partition coefficient (Wildman–Crippen LogP) is 2.89. The Morgan fingerprint density at radius 2 is 1.45 bits per heavy atom. The zero-order valence-electron chi connectivity index (χ0n) is 16.1. The Morgan fingerprint density at radius 3 is 1.90 bits per heavy atom. The number of hydrogen-bond donors (Lipinski definition) is 3. The molecule has 0 spiro atoms. The Hall–Kier alpha value is -3.73. The summed E-state index contributed by atoms with van der Waals surface area (Å²) in [4.78, 5) is 32.5. The second kappa shape index (κ2) is 10.6. The Bertz CT molecular complexity index is 866. The van der Waals surface area contributed by atoms with E-state index in [0.717, 1.165) is 24.7 Å². The molecular formula is C18H23N5O6. The third kappa shape index (κ3) is 6.14. The third-order valence-electron chi connectivity index (χ3n) is 4.17. The van der Waals surface area contributed by atoms with E-state index in [4.69, 9.17) is 16.6 Å². The topological polar surface area (TPSA) is 179 Å². The standard InChI is InChI=1S/C11H17N3O2.C7H6N2O4/c1-3-13(4-2)8-9-6-5-7-10(11(9)12)14(15)16;8-6-4(7(10)11)2-1-3-5(6)9(12)13/h5-7H,3-4,8,12H2,1-2H3;1-3H,8H2,(H,10,11). The van der Waals surface area contributed by atoms with Gasteiger partial charge in [0, 0.05) is 18.7 Å². The molecule has 0 bridgehead atoms. The number of nitrogen functional groups attached to an aromatic ring is 2. The lowest BCUT2D eigenvalue weighted by Gasteiger charge is -2.18. The van der Waals surface area contributed by atoms with Crippen LogP contribution >= 0.6 is 0 Å². The molecular weight excluding hydrogens is 382 g/mol. The SMILES string of the molecule is CCN(CC)Cc1cccc([N+](=O)[O-])c1N.Nc1c(C(=O)O)cccc1[N+](=O)[O-]. The largest absolute Gasteiger partial charge is 0.478 e. The molecule has 0 aliphatic carbocycles. The van der Waals surface area contributed by atoms with Gasteiger partial charge in [0.2, 0.25) is 0 Å². The van der Waals surface area contributed by atoms with Gasteiger partial charge in [-0.25, -0.2) is 4.79 Å². The van der Waals surface area contributed by atoms with Crippen molar-refractivity contribution in [1.29, 1.82) is 0 Å². The van der Waals surface area contributed by atoms with E-state index in [1.165, 1.54) is 18.2 Å². The Kier molecular flexibility index (Phi) is 8.49. The highest BCUT2D eigenvalue weighted by molar-refractivity contribution is 5.95. The monoisotopic (exact) mass is 405 g/mol. The molecule has 0 atom stereocenters. The molecule has 5 N–H and O–H groups in total. The number of carboxylic acids is 1. The summed E-state index contributed by atoms with van der Waals surface area (Å²) >= 11 is 0. The number of benzene rings is 2. The minimum Gasteiger partial charge on any atom is -0.478 e. The van der Waals surface area contributed by atoms with Gasteiger partial charge in [-0.15, -0.1) is 0 Å². The van der Waals surface area contributed by atoms with E-state index in [1.54, 1.807) is 6.07 Å². The lowest BCUT2D eigenvalue weighted by molar-refractivity contribution is -0.384. The fraction of sp³-hybridized carbons (Fsp3) is 0.278. The number of nitro groups is 2. The van der Waals surface area contributed by atoms with E-state index < -0.39 is 15.8 Å². The fourth-order valence-electron chi connectivity index (χ4n) is 2.48. The first-order valence-electron chi connectivity index (χ1n) is 8.64. The molecule has 0 radical (unpaired) electrons. The molecule has 29 heavy (non-hydrogen) atoms. The normalized spacial score (nSPS) is 10.2. The molecule has 0 aliphatic heterocycles. The van der Waals surface area contributed by atoms with Gasteiger partial charge in [-0.1, -0.05) is 32.0 Å². The summed E-state index contributed by atoms with van der Waals surface area (Å²) in [7, 11) is 0. The molecule has 0 amide bonds. The molecule has 2 aromatic carbocycles. The summed E-state index contributed by atoms with van der Waals surface area (Å²) in [6.45, 7) is 6.56. The van der Waals surface area contributed by atoms with Gasteiger partial charge in [0.1, 0.15) is 11.4 Å². The number of hydrogen-bond acceptors (Lipinski definition) is 8. The zero-order valence-corrected chi connectivity index (χ0v) is 16.1. The zero-order chi connectivity index (χ0) is 22.1. The van der Waals surface area contributed by atoms with Gasteiger partial charge in [-0.2, -0.15) is 0 Å². The van der Waals surface area contributed by atoms with Crippen molar-refractivity contribution < 1.29 is 19.7 Å². The Morgan fingerprint density at radius 1 is 0.966 bits per heavy atom. The predicted molar refractivity (Wildman–Crippen MR) is 109 cm³/mol. The first kappa shape index (κ1) is 23.3. The summed E-state index contributed by atoms with van der Waals surface area (Å²) in [5, 5.41) is 29.6. The van der Waals surface area contributed by atoms with Crippen molar-refractivity contribution in [3.05, 3.63) is 67.8 Å². The molecule has 11 heteroatoms. The summed E-state index contributed by atoms with van der Waals surface area (Å²) in [5.41, 5.74) is 11.2. The number of carboxylic acid groups (broad SMARTS) is 1. The second-order valence-electron chi connectivity index (χ2n) is 5.87. The van der Waals surface area contributed by atoms with Crippen molar-refractivity contribution in [1.82, 2.24) is 4.90 Å². The van der Waals surface area contributed by atoms with Gasteiger partial charge in [0.05, 0.1) is 15.4 Å². The molecule has 0 saturated heterocycles. The van der Waals surface area contributed by atoms with Gasteiger partial charge in [-0.05, 0) is 24.7 Å². The summed E-state index contributed by atoms with van der Waals surface area (Å²) in [6, 6.07) is 8.58. The van der Waals surface area contributed by atoms with Crippen molar-refractivity contribution in [3.8, 4) is 0 Å². The van der Waals surface area contributed by atoms with E-state index >= 15 is 0 Å². The van der Waals surface area contributed by atoms with Crippen molar-refractivity contribution in [3.63, 3.8) is 0 Å². The average Bonchev–Trinajstić information content (AvgIpc) is 2.67. The van der Waals surface area contributed by atoms with Crippen LogP contribution in [0.1, 0.15) is 29.8 Å². The maximum absolute atomic E-state index is 10.7. The number of para-hydroxylation sites is 2. The summed E-state index contributed by atoms with van der Waals surface area (Å²) in [6.07, 6.45) is 0. The van der Waals surface area contributed by atoms with Crippen LogP contribution in [0.4, 0.5) is 22.7 Å². The van der Waals surface area contributed by atoms with Gasteiger partial charge >= 0.3 is 5.97 Å². The number of nitro benzene ring substituents is 2. The number of aromatic carboxylic acids is 1. The molecule has 0 heterocycles. The highest BCUT2D eigenvalue weighted by atomic mass is 16.6. The van der Waals surface area contributed by atoms with Crippen LogP contribution in [0.15, 0.2) is 36.4 Å². The van der Waals surface area contributed by atoms with E-state index in [2.05, 4.69) is 18.7 Å². The first-order chi connectivity index (χ1) is 13.6. The maximum Gasteiger partial charge on any atom is 0.338 e. The minimum atomic E-state index is -1.28. The van der Waals surface area contributed by atoms with Crippen LogP contribution in [-0.4, -0.2) is 38.9 Å². The smallest absolute Gasteiger partial charge is 0.338 e. The maximum atomic E-state index is 10.7. The molecule has 0 aliphatic rings. The van der Waals surface area contributed by atoms with Crippen molar-refractivity contribution in [2.45, 2.75) is 20.4 Å². The van der Waals surface area contributed by atoms with Crippen molar-refractivity contribution >= 4 is 28.7 Å². The van der Waals surface area contributed by atoms with E-state index in [0.29, 0.717) is 6.54 Å². The van der Waals surface area contributed by atoms with E-state index in [1.807, 2.05) is 6.07 Å². The van der Waals surface area contributed by atoms with Crippen LogP contribution < -0.4 is 11.5 Å². The van der Waals surface area contributed by atoms with Crippen molar-refractivity contribution in [2.75, 3.05) is 24.6 Å². The minimum absolute atomic E-state index is 0.00958. The second-order valence-corrected chi connectivity index (χ2v) is 5.87. The molecule has 156 valence electrons. The highest BCUT2D eigenvalue weighted by Gasteiger charge is 2.18. The molecule has 0 unspecified atom stereocenters. The van der Waals surface area contributed by atoms with E-state index in [-0.39, 0.29) is 28.3 Å². The van der Waals surface area contributed by atoms with Gasteiger partial charge < -0.3 is 16.6 Å². The van der Waals surface area contributed by atoms with E-state index in [9.17, 15) is 25.0 Å². The number of anilines is 2. The van der Waals surface area contributed by atoms with Gasteiger partial charge in [0.15, 0.2) is 0 Å². The van der Waals surface area contributed by atoms with Crippen LogP contribution in [0, 0.1) is 20.2 Å². The number of rotatable bonds is 7. The molecule has 0 saturated carbocycles. The first-order valence-corrected chi connectivity index (χ1v) is 8.64. The highest BCUT2D eigenvalue weighted by Crippen LogP contribution is 2.26. The van der Waals surface area contributed by atoms with Crippen LogP contribution in [0.3, 0.4) is 0 Å². The van der Waals surface area contributed by atoms with Crippen LogP contribution in [0.5, 0.6) is 0 Å². The number of nitrogens with zero attached hydrogens (tertiary/aromatic N) is 3. The number of carbonyl (C=O) groups is 1. The van der Waals surface area contributed by atoms with Crippen molar-refractivity contribution in [2.24, 2.45) is 0 Å². The quantitative estimate of drug-likeness (QED) is 0.354. The van der Waals surface area contributed by atoms with Crippen LogP contribution in [0.25, 0.3) is 0 Å². The lowest BCUT2D eigenvalue weighted by Crippen LogP contribution is -2.22. The number of nitrogens with two attached hydrogens (primary N) is 2. The molecule has 2 aromatic rings. The summed E-state index contributed by atoms with van der Waals surface area (Å²) < 4.78 is 0. The summed E-state index contributed by atoms with van der Waals surface area (Å²) in [5.74, 6) is -1.28. The third-order valence-corrected chi connectivity index (χ3v) is 4.17. The van der Waals surface area contributed by atoms with Crippen LogP contribution in [-0.2, 0) is 6.54 Å². The Labute approximate surface area is 166 Å².